The summed E-state index contributed by atoms with van der Waals surface area (Å²) in [6.07, 6.45) is 1.86. The van der Waals surface area contributed by atoms with Gasteiger partial charge in [0.25, 0.3) is 0 Å². The number of nitrogens with zero attached hydrogens (tertiary/aromatic N) is 1. The van der Waals surface area contributed by atoms with Crippen molar-refractivity contribution in [2.24, 2.45) is 5.92 Å². The van der Waals surface area contributed by atoms with Crippen LogP contribution in [0.1, 0.15) is 39.0 Å². The van der Waals surface area contributed by atoms with Crippen molar-refractivity contribution in [2.45, 2.75) is 40.8 Å². The van der Waals surface area contributed by atoms with E-state index in [0.717, 1.165) is 38.5 Å². The van der Waals surface area contributed by atoms with Crippen LogP contribution < -0.4 is 5.32 Å². The summed E-state index contributed by atoms with van der Waals surface area (Å²) in [6, 6.07) is 2.15. The van der Waals surface area contributed by atoms with E-state index >= 15 is 0 Å². The van der Waals surface area contributed by atoms with Crippen LogP contribution in [0.25, 0.3) is 0 Å². The molecule has 0 bridgehead atoms. The van der Waals surface area contributed by atoms with Crippen LogP contribution in [0.3, 0.4) is 0 Å². The monoisotopic (exact) mass is 264 g/mol. The van der Waals surface area contributed by atoms with Gasteiger partial charge in [-0.3, -0.25) is 4.90 Å². The molecule has 1 aromatic heterocycles. The van der Waals surface area contributed by atoms with E-state index in [2.05, 4.69) is 50.6 Å². The Balaban J connectivity index is 2.42. The molecule has 0 radical (unpaired) electrons. The molecule has 0 aliphatic carbocycles. The van der Waals surface area contributed by atoms with Crippen molar-refractivity contribution in [2.75, 3.05) is 19.6 Å². The molecule has 0 spiro atoms. The Labute approximate surface area is 117 Å². The van der Waals surface area contributed by atoms with Gasteiger partial charge in [-0.1, -0.05) is 32.9 Å². The van der Waals surface area contributed by atoms with Gasteiger partial charge in [0, 0.05) is 18.7 Å². The normalized spacial score (nSPS) is 11.5. The average Bonchev–Trinajstić information content (AvgIpc) is 2.75. The highest BCUT2D eigenvalue weighted by molar-refractivity contribution is 5.13. The minimum atomic E-state index is 0.678. The molecule has 0 unspecified atom stereocenters. The van der Waals surface area contributed by atoms with Gasteiger partial charge < -0.3 is 9.73 Å². The third-order valence-corrected chi connectivity index (χ3v) is 2.91. The summed E-state index contributed by atoms with van der Waals surface area (Å²) in [6.45, 7) is 17.3. The number of likely N-dealkylation sites (N-methyl/N-ethyl adjacent to an activating group) is 1. The molecule has 0 amide bonds. The quantitative estimate of drug-likeness (QED) is 0.693. The van der Waals surface area contributed by atoms with Crippen LogP contribution >= 0.6 is 0 Å². The summed E-state index contributed by atoms with van der Waals surface area (Å²) < 4.78 is 5.62. The molecular weight excluding hydrogens is 236 g/mol. The zero-order chi connectivity index (χ0) is 14.3. The molecule has 0 aliphatic heterocycles. The SMILES string of the molecule is C=C(C)CN(CC)Cc1cc(CNCC(C)C)co1. The van der Waals surface area contributed by atoms with Crippen LogP contribution in [0.4, 0.5) is 0 Å². The van der Waals surface area contributed by atoms with E-state index in [0.29, 0.717) is 5.92 Å². The lowest BCUT2D eigenvalue weighted by Crippen LogP contribution is -2.24. The van der Waals surface area contributed by atoms with Crippen LogP contribution in [0.15, 0.2) is 28.9 Å². The van der Waals surface area contributed by atoms with Crippen LogP contribution in [0.5, 0.6) is 0 Å². The molecule has 1 heterocycles. The molecule has 1 aromatic rings. The number of nitrogens with one attached hydrogen (secondary N) is 1. The van der Waals surface area contributed by atoms with Crippen molar-refractivity contribution in [1.29, 1.82) is 0 Å². The fourth-order valence-corrected chi connectivity index (χ4v) is 1.99. The smallest absolute Gasteiger partial charge is 0.118 e. The van der Waals surface area contributed by atoms with Gasteiger partial charge in [0.05, 0.1) is 12.8 Å². The Bertz CT molecular complexity index is 382. The summed E-state index contributed by atoms with van der Waals surface area (Å²) >= 11 is 0. The predicted molar refractivity (Wildman–Crippen MR) is 81.0 cm³/mol. The van der Waals surface area contributed by atoms with E-state index in [1.54, 1.807) is 0 Å². The first-order chi connectivity index (χ1) is 9.01. The lowest BCUT2D eigenvalue weighted by Gasteiger charge is -2.18. The lowest BCUT2D eigenvalue weighted by molar-refractivity contribution is 0.276. The van der Waals surface area contributed by atoms with E-state index in [1.807, 2.05) is 6.26 Å². The zero-order valence-electron chi connectivity index (χ0n) is 12.8. The number of furan rings is 1. The molecule has 3 heteroatoms. The van der Waals surface area contributed by atoms with Crippen molar-refractivity contribution >= 4 is 0 Å². The number of hydrogen-bond acceptors (Lipinski definition) is 3. The maximum absolute atomic E-state index is 5.62. The summed E-state index contributed by atoms with van der Waals surface area (Å²) in [5, 5.41) is 3.43. The number of rotatable bonds is 9. The Morgan fingerprint density at radius 2 is 2.21 bits per heavy atom. The third-order valence-electron chi connectivity index (χ3n) is 2.91. The van der Waals surface area contributed by atoms with Crippen molar-refractivity contribution in [1.82, 2.24) is 10.2 Å². The first-order valence-corrected chi connectivity index (χ1v) is 7.15. The summed E-state index contributed by atoms with van der Waals surface area (Å²) in [4.78, 5) is 2.33. The second-order valence-electron chi connectivity index (χ2n) is 5.71. The third kappa shape index (κ3) is 6.60. The second kappa shape index (κ2) is 8.18. The van der Waals surface area contributed by atoms with Crippen LogP contribution in [0.2, 0.25) is 0 Å². The van der Waals surface area contributed by atoms with Crippen LogP contribution in [-0.2, 0) is 13.1 Å². The summed E-state index contributed by atoms with van der Waals surface area (Å²) in [7, 11) is 0. The van der Waals surface area contributed by atoms with E-state index in [-0.39, 0.29) is 0 Å². The molecule has 1 rings (SSSR count). The molecule has 3 nitrogen and oxygen atoms in total. The highest BCUT2D eigenvalue weighted by Gasteiger charge is 2.08. The Kier molecular flexibility index (Phi) is 6.89. The molecular formula is C16H28N2O. The molecule has 0 saturated carbocycles. The maximum atomic E-state index is 5.62. The predicted octanol–water partition coefficient (Wildman–Crippen LogP) is 3.42. The van der Waals surface area contributed by atoms with E-state index in [9.17, 15) is 0 Å². The van der Waals surface area contributed by atoms with Gasteiger partial charge in [0.1, 0.15) is 5.76 Å². The molecule has 0 aliphatic rings. The van der Waals surface area contributed by atoms with E-state index in [4.69, 9.17) is 4.42 Å². The minimum Gasteiger partial charge on any atom is -0.468 e. The van der Waals surface area contributed by atoms with Gasteiger partial charge in [0.15, 0.2) is 0 Å². The molecule has 19 heavy (non-hydrogen) atoms. The highest BCUT2D eigenvalue weighted by atomic mass is 16.3. The summed E-state index contributed by atoms with van der Waals surface area (Å²) in [5.41, 5.74) is 2.41. The largest absolute Gasteiger partial charge is 0.468 e. The first-order valence-electron chi connectivity index (χ1n) is 7.15. The lowest BCUT2D eigenvalue weighted by atomic mass is 10.2. The first kappa shape index (κ1) is 16.0. The van der Waals surface area contributed by atoms with E-state index in [1.165, 1.54) is 11.1 Å². The van der Waals surface area contributed by atoms with Gasteiger partial charge in [-0.15, -0.1) is 0 Å². The van der Waals surface area contributed by atoms with Gasteiger partial charge in [-0.05, 0) is 32.0 Å². The molecule has 0 fully saturated rings. The van der Waals surface area contributed by atoms with E-state index < -0.39 is 0 Å². The summed E-state index contributed by atoms with van der Waals surface area (Å²) in [5.74, 6) is 1.71. The van der Waals surface area contributed by atoms with Crippen molar-refractivity contribution in [3.05, 3.63) is 35.8 Å². The standard InChI is InChI=1S/C16H28N2O/c1-6-18(10-14(4)5)11-16-7-15(12-19-16)9-17-8-13(2)3/h7,12-13,17H,4,6,8-11H2,1-3,5H3. The second-order valence-corrected chi connectivity index (χ2v) is 5.71. The van der Waals surface area contributed by atoms with Crippen molar-refractivity contribution in [3.63, 3.8) is 0 Å². The van der Waals surface area contributed by atoms with Gasteiger partial charge in [-0.2, -0.15) is 0 Å². The fourth-order valence-electron chi connectivity index (χ4n) is 1.99. The Morgan fingerprint density at radius 1 is 1.47 bits per heavy atom. The van der Waals surface area contributed by atoms with Gasteiger partial charge in [0.2, 0.25) is 0 Å². The Morgan fingerprint density at radius 3 is 2.79 bits per heavy atom. The Hall–Kier alpha value is -1.06. The molecule has 108 valence electrons. The number of hydrogen-bond donors (Lipinski definition) is 1. The molecule has 0 saturated heterocycles. The fraction of sp³-hybridized carbons (Fsp3) is 0.625. The molecule has 1 N–H and O–H groups in total. The van der Waals surface area contributed by atoms with Crippen LogP contribution in [0, 0.1) is 5.92 Å². The highest BCUT2D eigenvalue weighted by Crippen LogP contribution is 2.11. The molecule has 0 aromatic carbocycles. The molecule has 0 atom stereocenters. The topological polar surface area (TPSA) is 28.4 Å². The maximum Gasteiger partial charge on any atom is 0.118 e. The van der Waals surface area contributed by atoms with Gasteiger partial charge >= 0.3 is 0 Å². The van der Waals surface area contributed by atoms with Crippen LogP contribution in [-0.4, -0.2) is 24.5 Å². The average molecular weight is 264 g/mol. The van der Waals surface area contributed by atoms with Crippen molar-refractivity contribution in [3.8, 4) is 0 Å². The zero-order valence-corrected chi connectivity index (χ0v) is 12.8. The minimum absolute atomic E-state index is 0.678. The van der Waals surface area contributed by atoms with Crippen molar-refractivity contribution < 1.29 is 4.42 Å². The van der Waals surface area contributed by atoms with Gasteiger partial charge in [-0.25, -0.2) is 0 Å².